The predicted molar refractivity (Wildman–Crippen MR) is 77.0 cm³/mol. The number of hydrogen-bond acceptors (Lipinski definition) is 4. The zero-order chi connectivity index (χ0) is 14.9. The normalized spacial score (nSPS) is 19.4. The Hall–Kier alpha value is -1.34. The summed E-state index contributed by atoms with van der Waals surface area (Å²) in [4.78, 5) is 18.7. The Labute approximate surface area is 122 Å². The smallest absolute Gasteiger partial charge is 0.407 e. The van der Waals surface area contributed by atoms with E-state index < -0.39 is 12.2 Å². The van der Waals surface area contributed by atoms with Crippen molar-refractivity contribution in [3.63, 3.8) is 0 Å². The van der Waals surface area contributed by atoms with Crippen molar-refractivity contribution < 1.29 is 15.0 Å². The Kier molecular flexibility index (Phi) is 4.49. The Bertz CT molecular complexity index is 554. The molecule has 0 bridgehead atoms. The first-order chi connectivity index (χ1) is 9.45. The standard InChI is InChI=1S/C13H21N3O3S/c1-8(17)10-11(20-12(14-2)15(10)3)9-4-6-16(7-5-9)13(18)19/h8-9,17H,4-7H2,1-3H3,(H,18,19). The molecule has 112 valence electrons. The van der Waals surface area contributed by atoms with Crippen LogP contribution >= 0.6 is 11.3 Å². The fraction of sp³-hybridized carbons (Fsp3) is 0.692. The highest BCUT2D eigenvalue weighted by atomic mass is 32.1. The van der Waals surface area contributed by atoms with Crippen molar-refractivity contribution in [3.05, 3.63) is 15.4 Å². The van der Waals surface area contributed by atoms with E-state index in [1.54, 1.807) is 25.3 Å². The quantitative estimate of drug-likeness (QED) is 0.869. The summed E-state index contributed by atoms with van der Waals surface area (Å²) in [7, 11) is 3.66. The van der Waals surface area contributed by atoms with Crippen LogP contribution in [0, 0.1) is 0 Å². The van der Waals surface area contributed by atoms with E-state index >= 15 is 0 Å². The van der Waals surface area contributed by atoms with Gasteiger partial charge >= 0.3 is 6.09 Å². The van der Waals surface area contributed by atoms with Crippen LogP contribution < -0.4 is 4.80 Å². The Morgan fingerprint density at radius 2 is 2.05 bits per heavy atom. The molecule has 0 aromatic carbocycles. The molecule has 1 amide bonds. The Morgan fingerprint density at radius 3 is 2.50 bits per heavy atom. The van der Waals surface area contributed by atoms with E-state index in [1.165, 1.54) is 4.90 Å². The molecule has 1 aliphatic rings. The summed E-state index contributed by atoms with van der Waals surface area (Å²) >= 11 is 1.60. The molecule has 20 heavy (non-hydrogen) atoms. The van der Waals surface area contributed by atoms with Crippen molar-refractivity contribution in [2.24, 2.45) is 12.0 Å². The van der Waals surface area contributed by atoms with Gasteiger partial charge in [0.15, 0.2) is 4.80 Å². The second-order valence-corrected chi connectivity index (χ2v) is 6.15. The van der Waals surface area contributed by atoms with E-state index in [0.717, 1.165) is 28.2 Å². The number of piperidine rings is 1. The first-order valence-electron chi connectivity index (χ1n) is 6.74. The van der Waals surface area contributed by atoms with Crippen molar-refractivity contribution in [3.8, 4) is 0 Å². The second-order valence-electron chi connectivity index (χ2n) is 5.14. The molecule has 1 fully saturated rings. The number of aliphatic hydroxyl groups excluding tert-OH is 1. The average Bonchev–Trinajstić information content (AvgIpc) is 2.75. The van der Waals surface area contributed by atoms with Crippen LogP contribution in [0.3, 0.4) is 0 Å². The van der Waals surface area contributed by atoms with Gasteiger partial charge in [0.2, 0.25) is 0 Å². The van der Waals surface area contributed by atoms with Crippen LogP contribution in [0.25, 0.3) is 0 Å². The van der Waals surface area contributed by atoms with E-state index in [0.29, 0.717) is 19.0 Å². The third kappa shape index (κ3) is 2.73. The third-order valence-corrected chi connectivity index (χ3v) is 5.23. The number of aromatic nitrogens is 1. The second kappa shape index (κ2) is 5.97. The van der Waals surface area contributed by atoms with Gasteiger partial charge in [-0.3, -0.25) is 4.99 Å². The molecule has 1 atom stereocenters. The van der Waals surface area contributed by atoms with Crippen LogP contribution in [-0.2, 0) is 7.05 Å². The third-order valence-electron chi connectivity index (χ3n) is 3.83. The van der Waals surface area contributed by atoms with Crippen molar-refractivity contribution in [2.75, 3.05) is 20.1 Å². The zero-order valence-corrected chi connectivity index (χ0v) is 12.9. The van der Waals surface area contributed by atoms with Gasteiger partial charge in [-0.05, 0) is 25.7 Å². The maximum atomic E-state index is 10.9. The minimum atomic E-state index is -0.847. The zero-order valence-electron chi connectivity index (χ0n) is 12.0. The van der Waals surface area contributed by atoms with Gasteiger partial charge in [-0.25, -0.2) is 4.79 Å². The molecule has 6 nitrogen and oxygen atoms in total. The highest BCUT2D eigenvalue weighted by molar-refractivity contribution is 7.09. The molecule has 7 heteroatoms. The lowest BCUT2D eigenvalue weighted by Crippen LogP contribution is -2.36. The maximum absolute atomic E-state index is 10.9. The summed E-state index contributed by atoms with van der Waals surface area (Å²) in [5.41, 5.74) is 0.907. The van der Waals surface area contributed by atoms with Crippen LogP contribution in [0.5, 0.6) is 0 Å². The van der Waals surface area contributed by atoms with E-state index in [4.69, 9.17) is 5.11 Å². The molecular weight excluding hydrogens is 278 g/mol. The number of nitrogens with zero attached hydrogens (tertiary/aromatic N) is 3. The van der Waals surface area contributed by atoms with Crippen molar-refractivity contribution in [1.29, 1.82) is 0 Å². The Morgan fingerprint density at radius 1 is 1.45 bits per heavy atom. The van der Waals surface area contributed by atoms with Gasteiger partial charge in [0, 0.05) is 32.1 Å². The topological polar surface area (TPSA) is 78.1 Å². The molecule has 1 aromatic heterocycles. The van der Waals surface area contributed by atoms with Crippen LogP contribution in [-0.4, -0.2) is 45.9 Å². The van der Waals surface area contributed by atoms with E-state index in [1.807, 2.05) is 11.6 Å². The SMILES string of the molecule is CN=c1sc(C2CCN(C(=O)O)CC2)c(C(C)O)n1C. The lowest BCUT2D eigenvalue weighted by Gasteiger charge is -2.30. The number of thiazole rings is 1. The number of hydrogen-bond donors (Lipinski definition) is 2. The minimum absolute atomic E-state index is 0.307. The number of rotatable bonds is 2. The fourth-order valence-electron chi connectivity index (χ4n) is 2.79. The van der Waals surface area contributed by atoms with Crippen molar-refractivity contribution in [1.82, 2.24) is 9.47 Å². The molecule has 0 aliphatic carbocycles. The molecule has 2 rings (SSSR count). The van der Waals surface area contributed by atoms with Gasteiger partial charge in [0.25, 0.3) is 0 Å². The minimum Gasteiger partial charge on any atom is -0.465 e. The summed E-state index contributed by atoms with van der Waals surface area (Å²) in [6.45, 7) is 2.87. The fourth-order valence-corrected chi connectivity index (χ4v) is 4.13. The molecule has 0 saturated carbocycles. The van der Waals surface area contributed by atoms with Gasteiger partial charge in [-0.1, -0.05) is 0 Å². The number of amides is 1. The van der Waals surface area contributed by atoms with Gasteiger partial charge in [0.1, 0.15) is 0 Å². The van der Waals surface area contributed by atoms with Crippen LogP contribution in [0.4, 0.5) is 4.79 Å². The molecule has 0 radical (unpaired) electrons. The number of aliphatic hydroxyl groups is 1. The molecular formula is C13H21N3O3S. The van der Waals surface area contributed by atoms with E-state index in [9.17, 15) is 9.90 Å². The van der Waals surface area contributed by atoms with Crippen molar-refractivity contribution in [2.45, 2.75) is 31.8 Å². The monoisotopic (exact) mass is 299 g/mol. The first kappa shape index (κ1) is 15.1. The van der Waals surface area contributed by atoms with E-state index in [2.05, 4.69) is 4.99 Å². The van der Waals surface area contributed by atoms with Gasteiger partial charge < -0.3 is 19.7 Å². The first-order valence-corrected chi connectivity index (χ1v) is 7.55. The molecule has 2 heterocycles. The molecule has 1 unspecified atom stereocenters. The highest BCUT2D eigenvalue weighted by Crippen LogP contribution is 2.34. The maximum Gasteiger partial charge on any atom is 0.407 e. The van der Waals surface area contributed by atoms with Crippen molar-refractivity contribution >= 4 is 17.4 Å². The summed E-state index contributed by atoms with van der Waals surface area (Å²) in [6, 6.07) is 0. The summed E-state index contributed by atoms with van der Waals surface area (Å²) in [5.74, 6) is 0.307. The number of carboxylic acid groups (broad SMARTS) is 1. The number of carbonyl (C=O) groups is 1. The average molecular weight is 299 g/mol. The molecule has 0 spiro atoms. The molecule has 1 aromatic rings. The molecule has 1 aliphatic heterocycles. The van der Waals surface area contributed by atoms with Crippen LogP contribution in [0.2, 0.25) is 0 Å². The van der Waals surface area contributed by atoms with E-state index in [-0.39, 0.29) is 0 Å². The largest absolute Gasteiger partial charge is 0.465 e. The summed E-state index contributed by atoms with van der Waals surface area (Å²) < 4.78 is 1.94. The lowest BCUT2D eigenvalue weighted by molar-refractivity contribution is 0.131. The number of likely N-dealkylation sites (tertiary alicyclic amines) is 1. The van der Waals surface area contributed by atoms with Gasteiger partial charge in [0.05, 0.1) is 11.8 Å². The lowest BCUT2D eigenvalue weighted by atomic mass is 9.93. The van der Waals surface area contributed by atoms with Gasteiger partial charge in [-0.2, -0.15) is 0 Å². The molecule has 2 N–H and O–H groups in total. The Balaban J connectivity index is 2.28. The summed E-state index contributed by atoms with van der Waals surface area (Å²) in [6.07, 6.45) is 0.213. The van der Waals surface area contributed by atoms with Crippen LogP contribution in [0.1, 0.15) is 42.4 Å². The molecule has 1 saturated heterocycles. The summed E-state index contributed by atoms with van der Waals surface area (Å²) in [5, 5.41) is 19.0. The highest BCUT2D eigenvalue weighted by Gasteiger charge is 2.28. The predicted octanol–water partition coefficient (Wildman–Crippen LogP) is 1.53. The van der Waals surface area contributed by atoms with Crippen LogP contribution in [0.15, 0.2) is 4.99 Å². The van der Waals surface area contributed by atoms with Gasteiger partial charge in [-0.15, -0.1) is 11.3 Å².